The number of thiocarbonyl (C=S) groups is 1. The van der Waals surface area contributed by atoms with Crippen molar-refractivity contribution in [3.8, 4) is 0 Å². The number of nitrogens with one attached hydrogen (secondary N) is 1. The van der Waals surface area contributed by atoms with Crippen molar-refractivity contribution >= 4 is 28.7 Å². The van der Waals surface area contributed by atoms with Gasteiger partial charge < -0.3 is 11.1 Å². The molecule has 1 aromatic heterocycles. The average molecular weight is 260 g/mol. The van der Waals surface area contributed by atoms with Crippen LogP contribution in [0.5, 0.6) is 0 Å². The lowest BCUT2D eigenvalue weighted by molar-refractivity contribution is 0.534. The quantitative estimate of drug-likeness (QED) is 0.830. The topological polar surface area (TPSA) is 55.9 Å². The monoisotopic (exact) mass is 260 g/mol. The Hall–Kier alpha value is -1.88. The Morgan fingerprint density at radius 1 is 1.33 bits per heavy atom. The van der Waals surface area contributed by atoms with E-state index in [1.165, 1.54) is 0 Å². The number of hydrogen-bond acceptors (Lipinski definition) is 3. The summed E-state index contributed by atoms with van der Waals surface area (Å²) < 4.78 is 1.89. The van der Waals surface area contributed by atoms with E-state index in [4.69, 9.17) is 18.0 Å². The molecule has 0 radical (unpaired) electrons. The number of rotatable bonds is 4. The molecule has 0 saturated heterocycles. The van der Waals surface area contributed by atoms with E-state index in [1.54, 1.807) is 0 Å². The summed E-state index contributed by atoms with van der Waals surface area (Å²) in [5.41, 5.74) is 7.39. The molecular formula is C13H16N4S. The summed E-state index contributed by atoms with van der Waals surface area (Å²) in [5.74, 6) is 0.785. The second-order valence-corrected chi connectivity index (χ2v) is 4.75. The molecule has 0 aliphatic rings. The van der Waals surface area contributed by atoms with Crippen molar-refractivity contribution in [2.24, 2.45) is 5.73 Å². The third-order valence-electron chi connectivity index (χ3n) is 2.59. The summed E-state index contributed by atoms with van der Waals surface area (Å²) in [6.07, 6.45) is 1.94. The summed E-state index contributed by atoms with van der Waals surface area (Å²) in [6, 6.07) is 9.94. The highest BCUT2D eigenvalue weighted by Gasteiger charge is 2.06. The Balaban J connectivity index is 2.25. The second-order valence-electron chi connectivity index (χ2n) is 4.31. The van der Waals surface area contributed by atoms with Gasteiger partial charge in [0.2, 0.25) is 0 Å². The molecule has 94 valence electrons. The second kappa shape index (κ2) is 5.18. The average Bonchev–Trinajstić information content (AvgIpc) is 2.78. The van der Waals surface area contributed by atoms with Gasteiger partial charge in [0, 0.05) is 29.6 Å². The number of nitrogens with zero attached hydrogens (tertiary/aromatic N) is 2. The van der Waals surface area contributed by atoms with Crippen LogP contribution in [0.25, 0.3) is 0 Å². The van der Waals surface area contributed by atoms with Gasteiger partial charge in [-0.1, -0.05) is 24.4 Å². The molecule has 0 aliphatic heterocycles. The van der Waals surface area contributed by atoms with Gasteiger partial charge in [-0.3, -0.25) is 4.68 Å². The Morgan fingerprint density at radius 3 is 2.67 bits per heavy atom. The van der Waals surface area contributed by atoms with Gasteiger partial charge in [-0.25, -0.2) is 0 Å². The number of nitrogens with two attached hydrogens (primary N) is 1. The van der Waals surface area contributed by atoms with Gasteiger partial charge in [0.1, 0.15) is 4.99 Å². The minimum Gasteiger partial charge on any atom is -0.389 e. The molecule has 0 saturated carbocycles. The predicted octanol–water partition coefficient (Wildman–Crippen LogP) is 2.84. The lowest BCUT2D eigenvalue weighted by atomic mass is 10.2. The Morgan fingerprint density at radius 2 is 2.06 bits per heavy atom. The van der Waals surface area contributed by atoms with Crippen molar-refractivity contribution in [2.75, 3.05) is 5.32 Å². The van der Waals surface area contributed by atoms with Crippen LogP contribution in [0.4, 0.5) is 11.5 Å². The van der Waals surface area contributed by atoms with Crippen LogP contribution in [0.2, 0.25) is 0 Å². The molecule has 3 N–H and O–H groups in total. The van der Waals surface area contributed by atoms with Crippen molar-refractivity contribution in [1.29, 1.82) is 0 Å². The number of benzene rings is 1. The summed E-state index contributed by atoms with van der Waals surface area (Å²) in [4.78, 5) is 0.376. The van der Waals surface area contributed by atoms with E-state index in [-0.39, 0.29) is 0 Å². The Labute approximate surface area is 112 Å². The molecule has 0 spiro atoms. The highest BCUT2D eigenvalue weighted by Crippen LogP contribution is 2.20. The Kier molecular flexibility index (Phi) is 3.62. The predicted molar refractivity (Wildman–Crippen MR) is 78.2 cm³/mol. The van der Waals surface area contributed by atoms with E-state index in [0.717, 1.165) is 17.1 Å². The molecule has 0 amide bonds. The van der Waals surface area contributed by atoms with Crippen LogP contribution in [-0.2, 0) is 0 Å². The largest absolute Gasteiger partial charge is 0.389 e. The summed E-state index contributed by atoms with van der Waals surface area (Å²) in [5, 5.41) is 7.66. The van der Waals surface area contributed by atoms with E-state index in [9.17, 15) is 0 Å². The van der Waals surface area contributed by atoms with Gasteiger partial charge in [0.15, 0.2) is 5.82 Å². The minimum atomic E-state index is 0.339. The summed E-state index contributed by atoms with van der Waals surface area (Å²) in [6.45, 7) is 4.17. The number of anilines is 2. The zero-order valence-corrected chi connectivity index (χ0v) is 11.2. The van der Waals surface area contributed by atoms with E-state index in [1.807, 2.05) is 41.2 Å². The van der Waals surface area contributed by atoms with Crippen molar-refractivity contribution < 1.29 is 0 Å². The first kappa shape index (κ1) is 12.6. The maximum Gasteiger partial charge on any atom is 0.152 e. The lowest BCUT2D eigenvalue weighted by Gasteiger charge is -2.09. The fourth-order valence-corrected chi connectivity index (χ4v) is 1.82. The van der Waals surface area contributed by atoms with Gasteiger partial charge in [0.05, 0.1) is 0 Å². The van der Waals surface area contributed by atoms with Crippen molar-refractivity contribution in [2.45, 2.75) is 19.9 Å². The molecule has 0 atom stereocenters. The zero-order chi connectivity index (χ0) is 13.1. The first-order valence-corrected chi connectivity index (χ1v) is 6.20. The molecule has 0 unspecified atom stereocenters. The van der Waals surface area contributed by atoms with Crippen molar-refractivity contribution in [1.82, 2.24) is 9.78 Å². The van der Waals surface area contributed by atoms with E-state index < -0.39 is 0 Å². The first-order chi connectivity index (χ1) is 8.58. The van der Waals surface area contributed by atoms with Crippen molar-refractivity contribution in [3.05, 3.63) is 42.1 Å². The number of aromatic nitrogens is 2. The normalized spacial score (nSPS) is 10.6. The SMILES string of the molecule is CC(C)n1ccc(Nc2ccccc2C(N)=S)n1. The molecular weight excluding hydrogens is 244 g/mol. The van der Waals surface area contributed by atoms with E-state index in [2.05, 4.69) is 24.3 Å². The summed E-state index contributed by atoms with van der Waals surface area (Å²) in [7, 11) is 0. The smallest absolute Gasteiger partial charge is 0.152 e. The van der Waals surface area contributed by atoms with Gasteiger partial charge in [0.25, 0.3) is 0 Å². The summed E-state index contributed by atoms with van der Waals surface area (Å²) >= 11 is 5.02. The molecule has 0 bridgehead atoms. The van der Waals surface area contributed by atoms with Crippen molar-refractivity contribution in [3.63, 3.8) is 0 Å². The van der Waals surface area contributed by atoms with E-state index >= 15 is 0 Å². The molecule has 18 heavy (non-hydrogen) atoms. The Bertz CT molecular complexity index is 560. The molecule has 2 rings (SSSR count). The number of para-hydroxylation sites is 1. The number of hydrogen-bond donors (Lipinski definition) is 2. The molecule has 1 aromatic carbocycles. The zero-order valence-electron chi connectivity index (χ0n) is 10.4. The molecule has 1 heterocycles. The molecule has 2 aromatic rings. The maximum absolute atomic E-state index is 5.69. The molecule has 4 nitrogen and oxygen atoms in total. The van der Waals surface area contributed by atoms with Gasteiger partial charge in [-0.2, -0.15) is 5.10 Å². The van der Waals surface area contributed by atoms with Crippen LogP contribution in [0.3, 0.4) is 0 Å². The highest BCUT2D eigenvalue weighted by atomic mass is 32.1. The molecule has 5 heteroatoms. The standard InChI is InChI=1S/C13H16N4S/c1-9(2)17-8-7-12(16-17)15-11-6-4-3-5-10(11)13(14)18/h3-9H,1-2H3,(H2,14,18)(H,15,16). The van der Waals surface area contributed by atoms with Crippen LogP contribution < -0.4 is 11.1 Å². The molecule has 0 aliphatic carbocycles. The molecule has 0 fully saturated rings. The van der Waals surface area contributed by atoms with Gasteiger partial charge in [-0.05, 0) is 26.0 Å². The van der Waals surface area contributed by atoms with Gasteiger partial charge >= 0.3 is 0 Å². The van der Waals surface area contributed by atoms with Crippen LogP contribution >= 0.6 is 12.2 Å². The minimum absolute atomic E-state index is 0.339. The van der Waals surface area contributed by atoms with Crippen LogP contribution in [-0.4, -0.2) is 14.8 Å². The third kappa shape index (κ3) is 2.68. The van der Waals surface area contributed by atoms with E-state index in [0.29, 0.717) is 11.0 Å². The first-order valence-electron chi connectivity index (χ1n) is 5.79. The maximum atomic E-state index is 5.69. The van der Waals surface area contributed by atoms with Crippen LogP contribution in [0.1, 0.15) is 25.5 Å². The fourth-order valence-electron chi connectivity index (χ4n) is 1.64. The van der Waals surface area contributed by atoms with Crippen LogP contribution in [0.15, 0.2) is 36.5 Å². The third-order valence-corrected chi connectivity index (χ3v) is 2.81. The van der Waals surface area contributed by atoms with Gasteiger partial charge in [-0.15, -0.1) is 0 Å². The van der Waals surface area contributed by atoms with Crippen LogP contribution in [0, 0.1) is 0 Å². The lowest BCUT2D eigenvalue weighted by Crippen LogP contribution is -2.12. The fraction of sp³-hybridized carbons (Fsp3) is 0.231. The highest BCUT2D eigenvalue weighted by molar-refractivity contribution is 7.80.